The van der Waals surface area contributed by atoms with Crippen LogP contribution in [0.4, 0.5) is 5.82 Å². The monoisotopic (exact) mass is 152 g/mol. The number of carbonyl (C=O) groups excluding carboxylic acids is 1. The number of H-pyrrole nitrogens is 1. The molecule has 0 bridgehead atoms. The molecule has 1 unspecified atom stereocenters. The van der Waals surface area contributed by atoms with Crippen LogP contribution in [0.3, 0.4) is 0 Å². The van der Waals surface area contributed by atoms with Crippen LogP contribution in [0.5, 0.6) is 0 Å². The Morgan fingerprint density at radius 2 is 2.55 bits per heavy atom. The summed E-state index contributed by atoms with van der Waals surface area (Å²) in [5.74, 6) is 0.446. The molecule has 1 aromatic heterocycles. The molecule has 5 heteroatoms. The Balaban J connectivity index is 2.37. The lowest BCUT2D eigenvalue weighted by Crippen LogP contribution is -2.41. The van der Waals surface area contributed by atoms with Crippen molar-refractivity contribution >= 4 is 11.7 Å². The van der Waals surface area contributed by atoms with E-state index in [1.54, 1.807) is 6.33 Å². The molecule has 1 amide bonds. The molecule has 5 nitrogen and oxygen atoms in total. The highest BCUT2D eigenvalue weighted by molar-refractivity contribution is 5.96. The second kappa shape index (κ2) is 2.06. The number of nitrogens with zero attached hydrogens (tertiary/aromatic N) is 1. The van der Waals surface area contributed by atoms with Crippen molar-refractivity contribution < 1.29 is 4.79 Å². The highest BCUT2D eigenvalue weighted by Gasteiger charge is 2.23. The van der Waals surface area contributed by atoms with Crippen LogP contribution in [-0.2, 0) is 11.2 Å². The molecule has 1 aliphatic rings. The van der Waals surface area contributed by atoms with Gasteiger partial charge in [-0.15, -0.1) is 0 Å². The van der Waals surface area contributed by atoms with Crippen molar-refractivity contribution in [1.82, 2.24) is 9.97 Å². The van der Waals surface area contributed by atoms with E-state index >= 15 is 0 Å². The number of amides is 1. The average Bonchev–Trinajstić information content (AvgIpc) is 2.36. The molecule has 0 radical (unpaired) electrons. The Morgan fingerprint density at radius 1 is 1.73 bits per heavy atom. The summed E-state index contributed by atoms with van der Waals surface area (Å²) in [4.78, 5) is 17.8. The van der Waals surface area contributed by atoms with Crippen LogP contribution in [-0.4, -0.2) is 21.9 Å². The molecule has 0 saturated heterocycles. The Hall–Kier alpha value is -1.36. The maximum Gasteiger partial charge on any atom is 0.242 e. The number of anilines is 1. The van der Waals surface area contributed by atoms with Gasteiger partial charge in [-0.3, -0.25) is 4.79 Å². The molecule has 4 N–H and O–H groups in total. The van der Waals surface area contributed by atoms with Gasteiger partial charge in [0.05, 0.1) is 18.1 Å². The van der Waals surface area contributed by atoms with E-state index in [-0.39, 0.29) is 5.91 Å². The van der Waals surface area contributed by atoms with E-state index in [0.29, 0.717) is 12.2 Å². The first kappa shape index (κ1) is 6.36. The number of aromatic nitrogens is 2. The Morgan fingerprint density at radius 3 is 3.36 bits per heavy atom. The van der Waals surface area contributed by atoms with Crippen LogP contribution >= 0.6 is 0 Å². The van der Waals surface area contributed by atoms with Gasteiger partial charge in [0, 0.05) is 6.42 Å². The Bertz CT molecular complexity index is 293. The summed E-state index contributed by atoms with van der Waals surface area (Å²) in [7, 11) is 0. The van der Waals surface area contributed by atoms with Gasteiger partial charge in [0.25, 0.3) is 0 Å². The zero-order valence-corrected chi connectivity index (χ0v) is 5.79. The van der Waals surface area contributed by atoms with Gasteiger partial charge in [0.15, 0.2) is 5.82 Å². The summed E-state index contributed by atoms with van der Waals surface area (Å²) in [5, 5.41) is 2.58. The fourth-order valence-electron chi connectivity index (χ4n) is 1.11. The smallest absolute Gasteiger partial charge is 0.242 e. The van der Waals surface area contributed by atoms with Crippen molar-refractivity contribution in [2.24, 2.45) is 5.73 Å². The summed E-state index contributed by atoms with van der Waals surface area (Å²) in [6.45, 7) is 0. The molecule has 0 aromatic carbocycles. The highest BCUT2D eigenvalue weighted by atomic mass is 16.2. The van der Waals surface area contributed by atoms with Crippen LogP contribution in [0.15, 0.2) is 6.33 Å². The van der Waals surface area contributed by atoms with E-state index in [1.165, 1.54) is 0 Å². The standard InChI is InChI=1S/C6H8N4O/c7-3-1-4-5(9-2-8-4)10-6(3)11/h2-3H,1,7H2,(H,8,9)(H,10,11). The maximum absolute atomic E-state index is 11.0. The normalized spacial score (nSPS) is 22.6. The van der Waals surface area contributed by atoms with Gasteiger partial charge in [0.2, 0.25) is 5.91 Å². The summed E-state index contributed by atoms with van der Waals surface area (Å²) >= 11 is 0. The fourth-order valence-corrected chi connectivity index (χ4v) is 1.11. The number of hydrogen-bond donors (Lipinski definition) is 3. The molecule has 0 fully saturated rings. The molecule has 2 rings (SSSR count). The van der Waals surface area contributed by atoms with Gasteiger partial charge >= 0.3 is 0 Å². The zero-order chi connectivity index (χ0) is 7.84. The third kappa shape index (κ3) is 0.894. The van der Waals surface area contributed by atoms with Crippen molar-refractivity contribution in [3.63, 3.8) is 0 Å². The van der Waals surface area contributed by atoms with Crippen LogP contribution in [0.2, 0.25) is 0 Å². The number of aromatic amines is 1. The first-order valence-corrected chi connectivity index (χ1v) is 3.36. The first-order chi connectivity index (χ1) is 5.27. The van der Waals surface area contributed by atoms with Gasteiger partial charge in [-0.1, -0.05) is 0 Å². The molecule has 1 atom stereocenters. The van der Waals surface area contributed by atoms with E-state index < -0.39 is 6.04 Å². The molecule has 0 saturated carbocycles. The minimum Gasteiger partial charge on any atom is -0.347 e. The zero-order valence-electron chi connectivity index (χ0n) is 5.79. The third-order valence-corrected chi connectivity index (χ3v) is 1.72. The molecule has 11 heavy (non-hydrogen) atoms. The summed E-state index contributed by atoms with van der Waals surface area (Å²) < 4.78 is 0. The molecule has 2 heterocycles. The number of nitrogens with one attached hydrogen (secondary N) is 2. The van der Waals surface area contributed by atoms with Gasteiger partial charge in [-0.25, -0.2) is 4.98 Å². The number of carbonyl (C=O) groups is 1. The predicted octanol–water partition coefficient (Wildman–Crippen LogP) is -0.768. The van der Waals surface area contributed by atoms with Gasteiger partial charge in [0.1, 0.15) is 0 Å². The number of fused-ring (bicyclic) bond motifs is 1. The number of imidazole rings is 1. The van der Waals surface area contributed by atoms with Crippen molar-refractivity contribution in [1.29, 1.82) is 0 Å². The lowest BCUT2D eigenvalue weighted by molar-refractivity contribution is -0.117. The van der Waals surface area contributed by atoms with E-state index in [2.05, 4.69) is 15.3 Å². The van der Waals surface area contributed by atoms with Gasteiger partial charge in [-0.2, -0.15) is 0 Å². The molecule has 58 valence electrons. The number of rotatable bonds is 0. The largest absolute Gasteiger partial charge is 0.347 e. The lowest BCUT2D eigenvalue weighted by Gasteiger charge is -2.16. The SMILES string of the molecule is NC1Cc2[nH]cnc2NC1=O. The van der Waals surface area contributed by atoms with Gasteiger partial charge in [-0.05, 0) is 0 Å². The molecular formula is C6H8N4O. The fraction of sp³-hybridized carbons (Fsp3) is 0.333. The van der Waals surface area contributed by atoms with Crippen molar-refractivity contribution in [3.05, 3.63) is 12.0 Å². The molecule has 0 spiro atoms. The predicted molar refractivity (Wildman–Crippen MR) is 38.9 cm³/mol. The molecular weight excluding hydrogens is 144 g/mol. The second-order valence-corrected chi connectivity index (χ2v) is 2.53. The Kier molecular flexibility index (Phi) is 1.19. The van der Waals surface area contributed by atoms with Crippen LogP contribution in [0, 0.1) is 0 Å². The quantitative estimate of drug-likeness (QED) is 0.456. The molecule has 1 aliphatic heterocycles. The van der Waals surface area contributed by atoms with Crippen LogP contribution < -0.4 is 11.1 Å². The van der Waals surface area contributed by atoms with E-state index in [9.17, 15) is 4.79 Å². The highest BCUT2D eigenvalue weighted by Crippen LogP contribution is 2.16. The van der Waals surface area contributed by atoms with Crippen molar-refractivity contribution in [3.8, 4) is 0 Å². The average molecular weight is 152 g/mol. The minimum atomic E-state index is -0.442. The number of nitrogens with two attached hydrogens (primary N) is 1. The first-order valence-electron chi connectivity index (χ1n) is 3.36. The van der Waals surface area contributed by atoms with E-state index in [0.717, 1.165) is 5.69 Å². The summed E-state index contributed by atoms with van der Waals surface area (Å²) in [6, 6.07) is -0.442. The van der Waals surface area contributed by atoms with Crippen molar-refractivity contribution in [2.75, 3.05) is 5.32 Å². The molecule has 0 aliphatic carbocycles. The number of hydrogen-bond acceptors (Lipinski definition) is 3. The summed E-state index contributed by atoms with van der Waals surface area (Å²) in [6.07, 6.45) is 2.09. The van der Waals surface area contributed by atoms with Crippen molar-refractivity contribution in [2.45, 2.75) is 12.5 Å². The minimum absolute atomic E-state index is 0.162. The third-order valence-electron chi connectivity index (χ3n) is 1.72. The lowest BCUT2D eigenvalue weighted by atomic mass is 10.1. The summed E-state index contributed by atoms with van der Waals surface area (Å²) in [5.41, 5.74) is 6.39. The van der Waals surface area contributed by atoms with E-state index in [1.807, 2.05) is 0 Å². The van der Waals surface area contributed by atoms with Crippen LogP contribution in [0.1, 0.15) is 5.69 Å². The topological polar surface area (TPSA) is 83.8 Å². The Labute approximate surface area is 63.0 Å². The molecule has 1 aromatic rings. The second-order valence-electron chi connectivity index (χ2n) is 2.53. The van der Waals surface area contributed by atoms with Gasteiger partial charge < -0.3 is 16.0 Å². The maximum atomic E-state index is 11.0. The van der Waals surface area contributed by atoms with Crippen LogP contribution in [0.25, 0.3) is 0 Å². The van der Waals surface area contributed by atoms with E-state index in [4.69, 9.17) is 5.73 Å².